The minimum atomic E-state index is -1.82. The van der Waals surface area contributed by atoms with Crippen molar-refractivity contribution < 1.29 is 34.4 Å². The van der Waals surface area contributed by atoms with E-state index < -0.39 is 41.6 Å². The van der Waals surface area contributed by atoms with Crippen molar-refractivity contribution in [3.63, 3.8) is 0 Å². The summed E-state index contributed by atoms with van der Waals surface area (Å²) in [5, 5.41) is 30.4. The molecule has 5 atom stereocenters. The van der Waals surface area contributed by atoms with E-state index in [0.717, 1.165) is 35.4 Å². The van der Waals surface area contributed by atoms with Crippen molar-refractivity contribution in [3.8, 4) is 5.75 Å². The van der Waals surface area contributed by atoms with Gasteiger partial charge in [0.25, 0.3) is 0 Å². The van der Waals surface area contributed by atoms with E-state index in [0.29, 0.717) is 12.8 Å². The van der Waals surface area contributed by atoms with E-state index in [-0.39, 0.29) is 11.8 Å². The number of likely N-dealkylation sites (N-methyl/N-ethyl adjacent to an activating group) is 1. The highest BCUT2D eigenvalue weighted by Gasteiger charge is 2.71. The lowest BCUT2D eigenvalue weighted by molar-refractivity contribution is -0.170. The number of carboxylic acids is 1. The summed E-state index contributed by atoms with van der Waals surface area (Å²) in [6.45, 7) is 2.74. The number of aryl methyl sites for hydroxylation is 1. The first kappa shape index (κ1) is 19.5. The van der Waals surface area contributed by atoms with Gasteiger partial charge in [0.2, 0.25) is 0 Å². The summed E-state index contributed by atoms with van der Waals surface area (Å²) in [4.78, 5) is 25.4. The van der Waals surface area contributed by atoms with Crippen LogP contribution in [0.5, 0.6) is 5.75 Å². The number of piperidine rings is 1. The molecular formula is C22H25NO7. The van der Waals surface area contributed by atoms with Gasteiger partial charge < -0.3 is 29.7 Å². The van der Waals surface area contributed by atoms with Gasteiger partial charge in [-0.1, -0.05) is 12.1 Å². The first-order chi connectivity index (χ1) is 14.2. The Morgan fingerprint density at radius 3 is 2.90 bits per heavy atom. The van der Waals surface area contributed by atoms with Crippen molar-refractivity contribution in [1.82, 2.24) is 4.90 Å². The monoisotopic (exact) mass is 415 g/mol. The number of aliphatic hydroxyl groups is 2. The normalized spacial score (nSPS) is 34.5. The van der Waals surface area contributed by atoms with Crippen molar-refractivity contribution in [2.24, 2.45) is 0 Å². The second kappa shape index (κ2) is 6.29. The predicted octanol–water partition coefficient (Wildman–Crippen LogP) is 0.652. The summed E-state index contributed by atoms with van der Waals surface area (Å²) in [7, 11) is 2.02. The number of likely N-dealkylation sites (tertiary alicyclic amines) is 1. The predicted molar refractivity (Wildman–Crippen MR) is 104 cm³/mol. The number of aliphatic carboxylic acids is 1. The highest BCUT2D eigenvalue weighted by Crippen LogP contribution is 2.64. The number of rotatable bonds is 4. The Balaban J connectivity index is 1.58. The third kappa shape index (κ3) is 2.32. The second-order valence-electron chi connectivity index (χ2n) is 8.93. The number of benzene rings is 1. The first-order valence-corrected chi connectivity index (χ1v) is 10.2. The van der Waals surface area contributed by atoms with Crippen LogP contribution >= 0.6 is 0 Å². The van der Waals surface area contributed by atoms with Crippen LogP contribution in [0, 0.1) is 6.92 Å². The minimum absolute atomic E-state index is 0.0826. The number of carbonyl (C=O) groups excluding carboxylic acids is 1. The first-order valence-electron chi connectivity index (χ1n) is 10.2. The van der Waals surface area contributed by atoms with Gasteiger partial charge in [-0.05, 0) is 50.6 Å². The van der Waals surface area contributed by atoms with Crippen molar-refractivity contribution >= 4 is 11.9 Å². The van der Waals surface area contributed by atoms with E-state index in [9.17, 15) is 19.8 Å². The molecule has 2 aliphatic carbocycles. The maximum atomic E-state index is 12.3. The quantitative estimate of drug-likeness (QED) is 0.614. The summed E-state index contributed by atoms with van der Waals surface area (Å²) >= 11 is 0. The Kier molecular flexibility index (Phi) is 4.10. The highest BCUT2D eigenvalue weighted by atomic mass is 16.6. The maximum absolute atomic E-state index is 12.3. The van der Waals surface area contributed by atoms with Gasteiger partial charge in [0.05, 0.1) is 17.4 Å². The molecule has 3 N–H and O–H groups in total. The van der Waals surface area contributed by atoms with Gasteiger partial charge in [-0.25, -0.2) is 4.79 Å². The molecule has 0 amide bonds. The summed E-state index contributed by atoms with van der Waals surface area (Å²) in [6, 6.07) is 4.03. The smallest absolute Gasteiger partial charge is 0.333 e. The standard InChI is InChI=1S/C22H25NO7/c1-11-3-4-12-9-15-22(28)6-5-14(29-16(25)10-13(24)20(26)27)19-21(22,7-8-23(15)2)17(12)18(11)30-19/h3-5,13,15,19,24,28H,6-10H2,1-2H3,(H,26,27)/t13-,15-,19+,21+,22-/m1/s1. The zero-order valence-electron chi connectivity index (χ0n) is 16.9. The number of ether oxygens (including phenoxy) is 2. The molecule has 0 unspecified atom stereocenters. The molecular weight excluding hydrogens is 390 g/mol. The average Bonchev–Trinajstić information content (AvgIpc) is 3.04. The van der Waals surface area contributed by atoms with Crippen LogP contribution in [-0.4, -0.2) is 69.6 Å². The number of carbonyl (C=O) groups is 2. The molecule has 0 saturated carbocycles. The molecule has 1 fully saturated rings. The molecule has 2 bridgehead atoms. The molecule has 0 aromatic heterocycles. The molecule has 1 aromatic rings. The largest absolute Gasteiger partial charge is 0.481 e. The third-order valence-electron chi connectivity index (χ3n) is 7.45. The molecule has 2 aliphatic heterocycles. The van der Waals surface area contributed by atoms with Gasteiger partial charge in [0.1, 0.15) is 11.5 Å². The summed E-state index contributed by atoms with van der Waals surface area (Å²) in [6.07, 6.45) is 0.214. The fraction of sp³-hybridized carbons (Fsp3) is 0.545. The van der Waals surface area contributed by atoms with Crippen molar-refractivity contribution in [2.75, 3.05) is 13.6 Å². The zero-order valence-corrected chi connectivity index (χ0v) is 16.9. The van der Waals surface area contributed by atoms with Gasteiger partial charge >= 0.3 is 11.9 Å². The Bertz CT molecular complexity index is 988. The maximum Gasteiger partial charge on any atom is 0.333 e. The van der Waals surface area contributed by atoms with E-state index in [1.54, 1.807) is 6.08 Å². The van der Waals surface area contributed by atoms with Crippen LogP contribution in [0.3, 0.4) is 0 Å². The number of nitrogens with zero attached hydrogens (tertiary/aromatic N) is 1. The lowest BCUT2D eigenvalue weighted by atomic mass is 9.50. The van der Waals surface area contributed by atoms with E-state index in [4.69, 9.17) is 14.6 Å². The Morgan fingerprint density at radius 1 is 1.40 bits per heavy atom. The van der Waals surface area contributed by atoms with E-state index in [1.165, 1.54) is 0 Å². The van der Waals surface area contributed by atoms with E-state index in [1.807, 2.05) is 20.0 Å². The molecule has 2 heterocycles. The Hall–Kier alpha value is -2.42. The molecule has 4 aliphatic rings. The SMILES string of the molecule is Cc1ccc2c3c1O[C@H]1C(OC(=O)C[C@@H](O)C(=O)O)=CC[C@@]4(O)[C@@H](C2)N(C)CC[C@]314. The number of carboxylic acid groups (broad SMARTS) is 1. The number of hydrogen-bond donors (Lipinski definition) is 3. The molecule has 1 aromatic carbocycles. The Morgan fingerprint density at radius 2 is 2.17 bits per heavy atom. The zero-order chi connectivity index (χ0) is 21.4. The topological polar surface area (TPSA) is 117 Å². The van der Waals surface area contributed by atoms with Crippen LogP contribution in [0.1, 0.15) is 36.0 Å². The van der Waals surface area contributed by atoms with Crippen LogP contribution in [0.25, 0.3) is 0 Å². The number of aliphatic hydroxyl groups excluding tert-OH is 1. The molecule has 5 rings (SSSR count). The van der Waals surface area contributed by atoms with Crippen molar-refractivity contribution in [3.05, 3.63) is 40.7 Å². The van der Waals surface area contributed by atoms with Crippen molar-refractivity contribution in [2.45, 2.75) is 61.9 Å². The van der Waals surface area contributed by atoms with Crippen LogP contribution in [0.4, 0.5) is 0 Å². The number of hydrogen-bond acceptors (Lipinski definition) is 7. The molecule has 8 heteroatoms. The van der Waals surface area contributed by atoms with E-state index >= 15 is 0 Å². The van der Waals surface area contributed by atoms with Gasteiger partial charge in [-0.15, -0.1) is 0 Å². The van der Waals surface area contributed by atoms with Crippen molar-refractivity contribution in [1.29, 1.82) is 0 Å². The summed E-state index contributed by atoms with van der Waals surface area (Å²) in [5.41, 5.74) is 1.34. The molecule has 160 valence electrons. The van der Waals surface area contributed by atoms with Gasteiger partial charge in [0.15, 0.2) is 12.2 Å². The van der Waals surface area contributed by atoms with E-state index in [2.05, 4.69) is 11.0 Å². The third-order valence-corrected chi connectivity index (χ3v) is 7.45. The molecule has 30 heavy (non-hydrogen) atoms. The highest BCUT2D eigenvalue weighted by molar-refractivity contribution is 5.81. The molecule has 1 saturated heterocycles. The van der Waals surface area contributed by atoms with Gasteiger partial charge in [-0.2, -0.15) is 0 Å². The van der Waals surface area contributed by atoms with Crippen LogP contribution in [0.15, 0.2) is 24.0 Å². The fourth-order valence-corrected chi connectivity index (χ4v) is 6.00. The van der Waals surface area contributed by atoms with Crippen LogP contribution < -0.4 is 4.74 Å². The van der Waals surface area contributed by atoms with Crippen LogP contribution in [-0.2, 0) is 26.2 Å². The lowest BCUT2D eigenvalue weighted by Gasteiger charge is -2.61. The van der Waals surface area contributed by atoms with Gasteiger partial charge in [-0.3, -0.25) is 4.79 Å². The fourth-order valence-electron chi connectivity index (χ4n) is 6.00. The molecule has 1 spiro atoms. The molecule has 8 nitrogen and oxygen atoms in total. The minimum Gasteiger partial charge on any atom is -0.481 e. The van der Waals surface area contributed by atoms with Gasteiger partial charge in [0, 0.05) is 18.0 Å². The summed E-state index contributed by atoms with van der Waals surface area (Å²) in [5.74, 6) is -1.29. The number of esters is 1. The second-order valence-corrected chi connectivity index (χ2v) is 8.93. The van der Waals surface area contributed by atoms with Crippen LogP contribution in [0.2, 0.25) is 0 Å². The summed E-state index contributed by atoms with van der Waals surface area (Å²) < 4.78 is 11.9. The Labute approximate surface area is 173 Å². The average molecular weight is 415 g/mol. The lowest BCUT2D eigenvalue weighted by Crippen LogP contribution is -2.74. The molecule has 0 radical (unpaired) electrons.